The first-order valence-corrected chi connectivity index (χ1v) is 7.91. The van der Waals surface area contributed by atoms with E-state index in [2.05, 4.69) is 9.97 Å². The smallest absolute Gasteiger partial charge is 0.308 e. The van der Waals surface area contributed by atoms with Gasteiger partial charge >= 0.3 is 5.97 Å². The van der Waals surface area contributed by atoms with Crippen LogP contribution in [0.25, 0.3) is 12.2 Å². The lowest BCUT2D eigenvalue weighted by Gasteiger charge is -2.04. The molecule has 0 bridgehead atoms. The van der Waals surface area contributed by atoms with Crippen molar-refractivity contribution in [3.05, 3.63) is 97.1 Å². The maximum absolute atomic E-state index is 12.3. The molecule has 130 valence electrons. The summed E-state index contributed by atoms with van der Waals surface area (Å²) in [7, 11) is 0. The van der Waals surface area contributed by atoms with E-state index in [1.165, 1.54) is 13.0 Å². The zero-order valence-corrected chi connectivity index (χ0v) is 14.0. The normalized spacial score (nSPS) is 12.2. The number of carbonyl (C=O) groups is 1. The first-order chi connectivity index (χ1) is 12.5. The Morgan fingerprint density at radius 3 is 2.08 bits per heavy atom. The van der Waals surface area contributed by atoms with Crippen LogP contribution in [0, 0.1) is 0 Å². The third-order valence-electron chi connectivity index (χ3n) is 3.57. The number of ether oxygens (including phenoxy) is 1. The first-order valence-electron chi connectivity index (χ1n) is 7.91. The van der Waals surface area contributed by atoms with Crippen LogP contribution in [0.4, 0.5) is 0 Å². The minimum Gasteiger partial charge on any atom is -0.426 e. The average molecular weight is 348 g/mol. The predicted octanol–water partition coefficient (Wildman–Crippen LogP) is 0.646. The molecule has 6 nitrogen and oxygen atoms in total. The monoisotopic (exact) mass is 348 g/mol. The number of hydrogen-bond donors (Lipinski definition) is 2. The van der Waals surface area contributed by atoms with E-state index in [4.69, 9.17) is 4.74 Å². The quantitative estimate of drug-likeness (QED) is 0.537. The molecule has 0 aliphatic carbocycles. The summed E-state index contributed by atoms with van der Waals surface area (Å²) in [4.78, 5) is 41.0. The van der Waals surface area contributed by atoms with Crippen molar-refractivity contribution in [1.82, 2.24) is 9.97 Å². The number of aromatic nitrogens is 2. The van der Waals surface area contributed by atoms with Gasteiger partial charge in [0.25, 0.3) is 11.1 Å². The van der Waals surface area contributed by atoms with Crippen molar-refractivity contribution in [2.24, 2.45) is 0 Å². The second kappa shape index (κ2) is 7.48. The minimum atomic E-state index is -0.471. The molecule has 6 heteroatoms. The molecule has 0 spiro atoms. The van der Waals surface area contributed by atoms with E-state index < -0.39 is 17.1 Å². The molecule has 26 heavy (non-hydrogen) atoms. The summed E-state index contributed by atoms with van der Waals surface area (Å²) in [6, 6.07) is 15.9. The fraction of sp³-hybridized carbons (Fsp3) is 0.0500. The van der Waals surface area contributed by atoms with Crippen molar-refractivity contribution in [1.29, 1.82) is 0 Å². The molecular weight excluding hydrogens is 332 g/mol. The summed E-state index contributed by atoms with van der Waals surface area (Å²) in [6.07, 6.45) is 3.06. The van der Waals surface area contributed by atoms with Crippen molar-refractivity contribution in [3.8, 4) is 5.75 Å². The maximum atomic E-state index is 12.3. The molecule has 0 atom stereocenters. The number of carbonyl (C=O) groups excluding carboxylic acids is 1. The molecule has 0 aliphatic heterocycles. The van der Waals surface area contributed by atoms with E-state index in [0.717, 1.165) is 5.56 Å². The zero-order chi connectivity index (χ0) is 18.5. The second-order valence-corrected chi connectivity index (χ2v) is 5.57. The van der Waals surface area contributed by atoms with Crippen molar-refractivity contribution in [2.75, 3.05) is 0 Å². The van der Waals surface area contributed by atoms with Gasteiger partial charge in [0, 0.05) is 12.5 Å². The van der Waals surface area contributed by atoms with Gasteiger partial charge < -0.3 is 14.7 Å². The Kier molecular flexibility index (Phi) is 4.94. The largest absolute Gasteiger partial charge is 0.426 e. The Morgan fingerprint density at radius 2 is 1.42 bits per heavy atom. The molecule has 3 rings (SSSR count). The second-order valence-electron chi connectivity index (χ2n) is 5.57. The molecule has 0 unspecified atom stereocenters. The lowest BCUT2D eigenvalue weighted by molar-refractivity contribution is -0.131. The fourth-order valence-electron chi connectivity index (χ4n) is 2.42. The van der Waals surface area contributed by atoms with Crippen LogP contribution >= 0.6 is 0 Å². The Bertz CT molecular complexity index is 1170. The van der Waals surface area contributed by atoms with Crippen LogP contribution in [0.15, 0.2) is 64.2 Å². The summed E-state index contributed by atoms with van der Waals surface area (Å²) in [6.45, 7) is 1.29. The Morgan fingerprint density at radius 1 is 0.846 bits per heavy atom. The van der Waals surface area contributed by atoms with E-state index in [1.807, 2.05) is 30.3 Å². The Labute approximate surface area is 148 Å². The highest BCUT2D eigenvalue weighted by molar-refractivity contribution is 5.71. The molecule has 3 aromatic rings. The Balaban J connectivity index is 2.12. The number of nitrogens with one attached hydrogen (secondary N) is 2. The molecule has 0 saturated heterocycles. The lowest BCUT2D eigenvalue weighted by atomic mass is 10.2. The van der Waals surface area contributed by atoms with Crippen LogP contribution < -0.4 is 26.6 Å². The first kappa shape index (κ1) is 17.2. The van der Waals surface area contributed by atoms with Crippen molar-refractivity contribution < 1.29 is 9.53 Å². The fourth-order valence-corrected chi connectivity index (χ4v) is 2.42. The van der Waals surface area contributed by atoms with Crippen LogP contribution in [0.5, 0.6) is 5.75 Å². The van der Waals surface area contributed by atoms with Gasteiger partial charge in [0.05, 0.1) is 0 Å². The molecule has 1 aromatic heterocycles. The van der Waals surface area contributed by atoms with Gasteiger partial charge in [-0.05, 0) is 23.8 Å². The molecule has 2 aromatic carbocycles. The number of H-pyrrole nitrogens is 2. The summed E-state index contributed by atoms with van der Waals surface area (Å²) in [5, 5.41) is 0.228. The highest BCUT2D eigenvalue weighted by Crippen LogP contribution is 2.18. The molecule has 0 radical (unpaired) electrons. The van der Waals surface area contributed by atoms with Gasteiger partial charge in [0.1, 0.15) is 16.4 Å². The van der Waals surface area contributed by atoms with Crippen LogP contribution in [0.3, 0.4) is 0 Å². The van der Waals surface area contributed by atoms with Crippen molar-refractivity contribution in [3.63, 3.8) is 0 Å². The van der Waals surface area contributed by atoms with Crippen molar-refractivity contribution in [2.45, 2.75) is 6.92 Å². The molecule has 1 heterocycles. The average Bonchev–Trinajstić information content (AvgIpc) is 2.61. The summed E-state index contributed by atoms with van der Waals surface area (Å²) >= 11 is 0. The van der Waals surface area contributed by atoms with Crippen LogP contribution in [-0.4, -0.2) is 15.9 Å². The van der Waals surface area contributed by atoms with Crippen LogP contribution in [0.1, 0.15) is 18.1 Å². The topological polar surface area (TPSA) is 92.0 Å². The standard InChI is InChI=1S/C20H16N2O4/c1-13(23)26-18-10-6-5-9-15(18)12-17-20(25)21-16(19(24)22-17)11-14-7-3-2-4-8-14/h2-12H,1H3,(H,21,25)(H,22,24)/b16-11-,17-12-. The number of benzene rings is 2. The van der Waals surface area contributed by atoms with Crippen molar-refractivity contribution >= 4 is 18.1 Å². The van der Waals surface area contributed by atoms with E-state index >= 15 is 0 Å². The number of rotatable bonds is 3. The highest BCUT2D eigenvalue weighted by Gasteiger charge is 2.04. The van der Waals surface area contributed by atoms with Gasteiger partial charge in [-0.2, -0.15) is 0 Å². The lowest BCUT2D eigenvalue weighted by Crippen LogP contribution is -2.46. The van der Waals surface area contributed by atoms with Gasteiger partial charge in [-0.1, -0.05) is 48.5 Å². The molecule has 2 N–H and O–H groups in total. The maximum Gasteiger partial charge on any atom is 0.308 e. The van der Waals surface area contributed by atoms with E-state index in [9.17, 15) is 14.4 Å². The van der Waals surface area contributed by atoms with E-state index in [1.54, 1.807) is 30.3 Å². The SMILES string of the molecule is CC(=O)Oc1ccccc1/C=c1\[nH]c(=O)/c(=C/c2ccccc2)[nH]c1=O. The molecular formula is C20H16N2O4. The molecule has 0 saturated carbocycles. The summed E-state index contributed by atoms with van der Waals surface area (Å²) < 4.78 is 5.11. The zero-order valence-electron chi connectivity index (χ0n) is 14.0. The van der Waals surface area contributed by atoms with Gasteiger partial charge in [-0.15, -0.1) is 0 Å². The van der Waals surface area contributed by atoms with E-state index in [0.29, 0.717) is 11.3 Å². The third-order valence-corrected chi connectivity index (χ3v) is 3.57. The van der Waals surface area contributed by atoms with Gasteiger partial charge in [0.15, 0.2) is 0 Å². The molecule has 0 amide bonds. The summed E-state index contributed by atoms with van der Waals surface area (Å²) in [5.74, 6) is -0.166. The van der Waals surface area contributed by atoms with Crippen LogP contribution in [0.2, 0.25) is 0 Å². The number of hydrogen-bond acceptors (Lipinski definition) is 4. The van der Waals surface area contributed by atoms with Gasteiger partial charge in [-0.3, -0.25) is 14.4 Å². The highest BCUT2D eigenvalue weighted by atomic mass is 16.5. The summed E-state index contributed by atoms with van der Waals surface area (Å²) in [5.41, 5.74) is 0.420. The van der Waals surface area contributed by atoms with E-state index in [-0.39, 0.29) is 10.7 Å². The predicted molar refractivity (Wildman–Crippen MR) is 98.3 cm³/mol. The number of para-hydroxylation sites is 1. The molecule has 0 aliphatic rings. The molecule has 0 fully saturated rings. The number of aromatic amines is 2. The van der Waals surface area contributed by atoms with Crippen LogP contribution in [-0.2, 0) is 4.79 Å². The van der Waals surface area contributed by atoms with Gasteiger partial charge in [0.2, 0.25) is 0 Å². The Hall–Kier alpha value is -3.67. The third kappa shape index (κ3) is 4.05. The minimum absolute atomic E-state index is 0.0693. The van der Waals surface area contributed by atoms with Gasteiger partial charge in [-0.25, -0.2) is 0 Å². The number of esters is 1.